The molecule has 2 aromatic rings. The number of rotatable bonds is 4. The van der Waals surface area contributed by atoms with Crippen molar-refractivity contribution in [2.24, 2.45) is 0 Å². The molecule has 8 heteroatoms. The van der Waals surface area contributed by atoms with Crippen molar-refractivity contribution in [3.63, 3.8) is 0 Å². The second-order valence-corrected chi connectivity index (χ2v) is 5.80. The van der Waals surface area contributed by atoms with Crippen molar-refractivity contribution >= 4 is 22.7 Å². The Morgan fingerprint density at radius 2 is 2.18 bits per heavy atom. The van der Waals surface area contributed by atoms with E-state index in [0.717, 1.165) is 5.52 Å². The van der Waals surface area contributed by atoms with Gasteiger partial charge in [0.1, 0.15) is 5.60 Å². The highest BCUT2D eigenvalue weighted by molar-refractivity contribution is 5.81. The summed E-state index contributed by atoms with van der Waals surface area (Å²) >= 11 is 0. The van der Waals surface area contributed by atoms with E-state index in [1.807, 2.05) is 0 Å². The van der Waals surface area contributed by atoms with Gasteiger partial charge in [0.2, 0.25) is 0 Å². The van der Waals surface area contributed by atoms with Crippen LogP contribution in [0.3, 0.4) is 0 Å². The predicted molar refractivity (Wildman–Crippen MR) is 80.6 cm³/mol. The first-order valence-corrected chi connectivity index (χ1v) is 6.83. The summed E-state index contributed by atoms with van der Waals surface area (Å²) < 4.78 is 6.81. The highest BCUT2D eigenvalue weighted by Gasteiger charge is 2.15. The Kier molecular flexibility index (Phi) is 4.30. The number of amides is 1. The highest BCUT2D eigenvalue weighted by Crippen LogP contribution is 2.20. The first-order valence-electron chi connectivity index (χ1n) is 6.83. The molecular weight excluding hydrogens is 288 g/mol. The van der Waals surface area contributed by atoms with Gasteiger partial charge < -0.3 is 10.1 Å². The molecule has 0 aliphatic heterocycles. The lowest BCUT2D eigenvalue weighted by Crippen LogP contribution is -2.34. The van der Waals surface area contributed by atoms with Gasteiger partial charge in [-0.1, -0.05) is 0 Å². The summed E-state index contributed by atoms with van der Waals surface area (Å²) in [4.78, 5) is 21.8. The van der Waals surface area contributed by atoms with Gasteiger partial charge in [-0.15, -0.1) is 0 Å². The number of nitrogens with zero attached hydrogens (tertiary/aromatic N) is 3. The Bertz CT molecular complexity index is 702. The molecule has 1 amide bonds. The molecule has 0 bridgehead atoms. The molecule has 0 unspecified atom stereocenters. The molecule has 1 N–H and O–H groups in total. The third-order valence-corrected chi connectivity index (χ3v) is 2.83. The summed E-state index contributed by atoms with van der Waals surface area (Å²) in [5, 5.41) is 18.2. The Morgan fingerprint density at radius 3 is 2.82 bits per heavy atom. The van der Waals surface area contributed by atoms with Crippen LogP contribution in [-0.4, -0.2) is 32.9 Å². The summed E-state index contributed by atoms with van der Waals surface area (Å²) in [7, 11) is 0. The fourth-order valence-electron chi connectivity index (χ4n) is 1.94. The topological polar surface area (TPSA) is 99.3 Å². The van der Waals surface area contributed by atoms with Gasteiger partial charge in [0.25, 0.3) is 5.69 Å². The van der Waals surface area contributed by atoms with Crippen LogP contribution in [0.15, 0.2) is 24.4 Å². The van der Waals surface area contributed by atoms with Gasteiger partial charge in [0.15, 0.2) is 0 Å². The van der Waals surface area contributed by atoms with Crippen molar-refractivity contribution in [2.75, 3.05) is 6.54 Å². The molecule has 0 saturated carbocycles. The Labute approximate surface area is 127 Å². The summed E-state index contributed by atoms with van der Waals surface area (Å²) in [6.07, 6.45) is 1.08. The first-order chi connectivity index (χ1) is 10.3. The largest absolute Gasteiger partial charge is 0.444 e. The van der Waals surface area contributed by atoms with E-state index in [9.17, 15) is 14.9 Å². The van der Waals surface area contributed by atoms with Gasteiger partial charge in [-0.25, -0.2) is 4.79 Å². The van der Waals surface area contributed by atoms with Gasteiger partial charge in [-0.2, -0.15) is 5.10 Å². The van der Waals surface area contributed by atoms with Crippen molar-refractivity contribution in [1.82, 2.24) is 15.1 Å². The Morgan fingerprint density at radius 1 is 1.45 bits per heavy atom. The summed E-state index contributed by atoms with van der Waals surface area (Å²) in [6, 6.07) is 4.55. The fraction of sp³-hybridized carbons (Fsp3) is 0.429. The van der Waals surface area contributed by atoms with Crippen LogP contribution in [0.1, 0.15) is 20.8 Å². The van der Waals surface area contributed by atoms with Crippen molar-refractivity contribution in [3.8, 4) is 0 Å². The molecule has 1 aromatic carbocycles. The Balaban J connectivity index is 1.98. The third-order valence-electron chi connectivity index (χ3n) is 2.83. The number of carbonyl (C=O) groups is 1. The zero-order valence-electron chi connectivity index (χ0n) is 12.7. The summed E-state index contributed by atoms with van der Waals surface area (Å²) in [5.41, 5.74) is 0.261. The maximum absolute atomic E-state index is 11.5. The number of alkyl carbamates (subject to hydrolysis) is 1. The van der Waals surface area contributed by atoms with E-state index in [-0.39, 0.29) is 5.69 Å². The van der Waals surface area contributed by atoms with Crippen molar-refractivity contribution < 1.29 is 14.5 Å². The molecule has 8 nitrogen and oxygen atoms in total. The van der Waals surface area contributed by atoms with Gasteiger partial charge in [0.05, 0.1) is 23.2 Å². The average Bonchev–Trinajstić information content (AvgIpc) is 2.79. The van der Waals surface area contributed by atoms with E-state index in [1.165, 1.54) is 12.1 Å². The summed E-state index contributed by atoms with van der Waals surface area (Å²) in [6.45, 7) is 6.17. The molecule has 0 radical (unpaired) electrons. The predicted octanol–water partition coefficient (Wildman–Crippen LogP) is 2.47. The maximum Gasteiger partial charge on any atom is 0.407 e. The first kappa shape index (κ1) is 15.7. The van der Waals surface area contributed by atoms with Crippen LogP contribution < -0.4 is 5.32 Å². The number of hydrogen-bond acceptors (Lipinski definition) is 5. The number of ether oxygens (including phenoxy) is 1. The number of carbonyl (C=O) groups excluding carboxylic acids is 1. The van der Waals surface area contributed by atoms with E-state index in [0.29, 0.717) is 18.5 Å². The van der Waals surface area contributed by atoms with Crippen molar-refractivity contribution in [1.29, 1.82) is 0 Å². The molecule has 1 aromatic heterocycles. The Hall–Kier alpha value is -2.64. The number of hydrogen-bond donors (Lipinski definition) is 1. The highest BCUT2D eigenvalue weighted by atomic mass is 16.6. The number of non-ortho nitro benzene ring substituents is 1. The lowest BCUT2D eigenvalue weighted by molar-refractivity contribution is -0.384. The summed E-state index contributed by atoms with van der Waals surface area (Å²) in [5.74, 6) is 0. The number of nitro benzene ring substituents is 1. The smallest absolute Gasteiger partial charge is 0.407 e. The van der Waals surface area contributed by atoms with Gasteiger partial charge in [-0.3, -0.25) is 14.8 Å². The second-order valence-electron chi connectivity index (χ2n) is 5.80. The molecule has 0 aliphatic carbocycles. The molecule has 22 heavy (non-hydrogen) atoms. The van der Waals surface area contributed by atoms with Crippen LogP contribution >= 0.6 is 0 Å². The number of aromatic nitrogens is 2. The zero-order chi connectivity index (χ0) is 16.3. The van der Waals surface area contributed by atoms with E-state index >= 15 is 0 Å². The van der Waals surface area contributed by atoms with E-state index in [4.69, 9.17) is 4.74 Å². The van der Waals surface area contributed by atoms with Crippen LogP contribution in [0, 0.1) is 10.1 Å². The fourth-order valence-corrected chi connectivity index (χ4v) is 1.94. The minimum atomic E-state index is -0.540. The standard InChI is InChI=1S/C14H18N4O4/c1-14(2,3)22-13(19)15-6-7-17-12-5-4-11(18(20)21)8-10(12)9-16-17/h4-5,8-9H,6-7H2,1-3H3,(H,15,19). The lowest BCUT2D eigenvalue weighted by atomic mass is 10.2. The molecule has 0 saturated heterocycles. The second kappa shape index (κ2) is 6.00. The van der Waals surface area contributed by atoms with Gasteiger partial charge in [-0.05, 0) is 26.8 Å². The number of nitrogens with one attached hydrogen (secondary N) is 1. The molecule has 2 rings (SSSR count). The monoisotopic (exact) mass is 306 g/mol. The van der Waals surface area contributed by atoms with Gasteiger partial charge >= 0.3 is 6.09 Å². The van der Waals surface area contributed by atoms with Gasteiger partial charge in [0, 0.05) is 24.1 Å². The average molecular weight is 306 g/mol. The van der Waals surface area contributed by atoms with Crippen LogP contribution in [0.4, 0.5) is 10.5 Å². The minimum absolute atomic E-state index is 0.0268. The van der Waals surface area contributed by atoms with E-state index in [1.54, 1.807) is 37.7 Å². The molecule has 118 valence electrons. The maximum atomic E-state index is 11.5. The minimum Gasteiger partial charge on any atom is -0.444 e. The molecular formula is C14H18N4O4. The SMILES string of the molecule is CC(C)(C)OC(=O)NCCn1ncc2cc([N+](=O)[O-])ccc21. The zero-order valence-corrected chi connectivity index (χ0v) is 12.7. The van der Waals surface area contributed by atoms with E-state index < -0.39 is 16.6 Å². The molecule has 1 heterocycles. The van der Waals surface area contributed by atoms with Crippen LogP contribution in [0.2, 0.25) is 0 Å². The number of nitro groups is 1. The quantitative estimate of drug-likeness (QED) is 0.691. The normalized spacial score (nSPS) is 11.4. The lowest BCUT2D eigenvalue weighted by Gasteiger charge is -2.19. The van der Waals surface area contributed by atoms with Crippen molar-refractivity contribution in [3.05, 3.63) is 34.5 Å². The van der Waals surface area contributed by atoms with Crippen LogP contribution in [0.5, 0.6) is 0 Å². The number of benzene rings is 1. The van der Waals surface area contributed by atoms with E-state index in [2.05, 4.69) is 10.4 Å². The van der Waals surface area contributed by atoms with Crippen LogP contribution in [0.25, 0.3) is 10.9 Å². The molecule has 0 fully saturated rings. The molecule has 0 spiro atoms. The van der Waals surface area contributed by atoms with Crippen LogP contribution in [-0.2, 0) is 11.3 Å². The molecule has 0 atom stereocenters. The van der Waals surface area contributed by atoms with Crippen molar-refractivity contribution in [2.45, 2.75) is 32.9 Å². The number of fused-ring (bicyclic) bond motifs is 1. The molecule has 0 aliphatic rings. The third kappa shape index (κ3) is 3.94.